The second kappa shape index (κ2) is 7.73. The normalized spacial score (nSPS) is 28.1. The number of hydrogen-bond acceptors (Lipinski definition) is 2. The summed E-state index contributed by atoms with van der Waals surface area (Å²) in [6.07, 6.45) is 3.61. The minimum absolute atomic E-state index is 0. The Bertz CT molecular complexity index is 944. The van der Waals surface area contributed by atoms with E-state index in [1.165, 1.54) is 27.8 Å². The van der Waals surface area contributed by atoms with E-state index in [2.05, 4.69) is 43.0 Å². The fourth-order valence-corrected chi connectivity index (χ4v) is 6.12. The lowest BCUT2D eigenvalue weighted by Gasteiger charge is -2.50. The van der Waals surface area contributed by atoms with Crippen molar-refractivity contribution in [3.63, 3.8) is 0 Å². The van der Waals surface area contributed by atoms with Crippen molar-refractivity contribution >= 4 is 35.6 Å². The standard InChI is InChI=1S/C24H27Cl2NO.ClH/c1-14(2)24(28)9-10-27-13-20-19-11-16(25)5-3-15(19)4-6-17-21(26)8-7-18(23(17)20)22(27)12-24;/h3,5,7-8,11,14,20,22,28H,4,6,9-10,12-13H2,1-2H3;1H/t20-,22-,24-;/m1./s1. The molecule has 1 fully saturated rings. The second-order valence-electron chi connectivity index (χ2n) is 9.15. The average Bonchev–Trinajstić information content (AvgIpc) is 2.82. The van der Waals surface area contributed by atoms with Crippen LogP contribution < -0.4 is 0 Å². The fourth-order valence-electron chi connectivity index (χ4n) is 5.68. The van der Waals surface area contributed by atoms with E-state index in [1.807, 2.05) is 6.07 Å². The molecule has 0 saturated carbocycles. The first-order valence-electron chi connectivity index (χ1n) is 10.4. The maximum absolute atomic E-state index is 11.3. The summed E-state index contributed by atoms with van der Waals surface area (Å²) in [5.41, 5.74) is 6.23. The first-order chi connectivity index (χ1) is 13.4. The Kier molecular flexibility index (Phi) is 5.72. The lowest BCUT2D eigenvalue weighted by atomic mass is 9.71. The molecule has 2 aliphatic heterocycles. The van der Waals surface area contributed by atoms with E-state index in [-0.39, 0.29) is 24.4 Å². The number of halogens is 3. The molecular weight excluding hydrogens is 425 g/mol. The summed E-state index contributed by atoms with van der Waals surface area (Å²) in [5, 5.41) is 12.9. The lowest BCUT2D eigenvalue weighted by Crippen LogP contribution is -2.51. The van der Waals surface area contributed by atoms with Crippen LogP contribution >= 0.6 is 35.6 Å². The Hall–Kier alpha value is -0.770. The lowest BCUT2D eigenvalue weighted by molar-refractivity contribution is -0.0822. The van der Waals surface area contributed by atoms with Gasteiger partial charge in [-0.3, -0.25) is 4.90 Å². The Morgan fingerprint density at radius 2 is 1.90 bits per heavy atom. The molecule has 0 spiro atoms. The van der Waals surface area contributed by atoms with Gasteiger partial charge in [-0.2, -0.15) is 0 Å². The first-order valence-corrected chi connectivity index (χ1v) is 11.2. The maximum Gasteiger partial charge on any atom is 0.0700 e. The predicted octanol–water partition coefficient (Wildman–Crippen LogP) is 6.18. The van der Waals surface area contributed by atoms with Crippen LogP contribution in [0, 0.1) is 5.92 Å². The summed E-state index contributed by atoms with van der Waals surface area (Å²) in [7, 11) is 0. The van der Waals surface area contributed by atoms with Gasteiger partial charge < -0.3 is 5.11 Å². The number of piperidine rings is 1. The minimum atomic E-state index is -0.591. The van der Waals surface area contributed by atoms with Crippen LogP contribution in [-0.4, -0.2) is 28.7 Å². The number of nitrogens with zero attached hydrogens (tertiary/aromatic N) is 1. The zero-order valence-corrected chi connectivity index (χ0v) is 19.2. The highest BCUT2D eigenvalue weighted by Crippen LogP contribution is 2.51. The van der Waals surface area contributed by atoms with Crippen LogP contribution in [0.25, 0.3) is 0 Å². The molecule has 1 N–H and O–H groups in total. The topological polar surface area (TPSA) is 23.5 Å². The Morgan fingerprint density at radius 3 is 2.66 bits per heavy atom. The van der Waals surface area contributed by atoms with Gasteiger partial charge in [0.2, 0.25) is 0 Å². The smallest absolute Gasteiger partial charge is 0.0700 e. The Morgan fingerprint density at radius 1 is 1.10 bits per heavy atom. The van der Waals surface area contributed by atoms with Crippen molar-refractivity contribution in [2.45, 2.75) is 57.1 Å². The Labute approximate surface area is 189 Å². The predicted molar refractivity (Wildman–Crippen MR) is 123 cm³/mol. The average molecular weight is 453 g/mol. The zero-order valence-electron chi connectivity index (χ0n) is 16.9. The third kappa shape index (κ3) is 3.42. The molecule has 3 atom stereocenters. The van der Waals surface area contributed by atoms with Crippen molar-refractivity contribution in [2.24, 2.45) is 5.92 Å². The largest absolute Gasteiger partial charge is 0.390 e. The van der Waals surface area contributed by atoms with Gasteiger partial charge in [-0.25, -0.2) is 0 Å². The number of hydrogen-bond donors (Lipinski definition) is 1. The molecule has 1 aliphatic carbocycles. The second-order valence-corrected chi connectivity index (χ2v) is 9.99. The van der Waals surface area contributed by atoms with Crippen LogP contribution in [0.15, 0.2) is 30.3 Å². The first kappa shape index (κ1) is 21.5. The SMILES string of the molecule is CC(C)[C@@]1(O)CCN2C[C@@H]3c4cc(Cl)ccc4CCc4c(Cl)ccc(c43)[C@H]2C1.Cl. The van der Waals surface area contributed by atoms with Crippen molar-refractivity contribution in [1.82, 2.24) is 4.90 Å². The van der Waals surface area contributed by atoms with Gasteiger partial charge in [0.05, 0.1) is 5.60 Å². The maximum atomic E-state index is 11.3. The summed E-state index contributed by atoms with van der Waals surface area (Å²) < 4.78 is 0. The summed E-state index contributed by atoms with van der Waals surface area (Å²) in [4.78, 5) is 2.58. The molecular formula is C24H28Cl3NO. The van der Waals surface area contributed by atoms with E-state index < -0.39 is 5.60 Å². The molecule has 0 aromatic heterocycles. The van der Waals surface area contributed by atoms with Gasteiger partial charge in [-0.1, -0.05) is 49.2 Å². The summed E-state index contributed by atoms with van der Waals surface area (Å²) in [6, 6.07) is 10.9. The van der Waals surface area contributed by atoms with Crippen molar-refractivity contribution in [2.75, 3.05) is 13.1 Å². The molecule has 2 aromatic carbocycles. The van der Waals surface area contributed by atoms with Gasteiger partial charge >= 0.3 is 0 Å². The van der Waals surface area contributed by atoms with E-state index in [4.69, 9.17) is 23.2 Å². The third-order valence-corrected chi connectivity index (χ3v) is 8.07. The van der Waals surface area contributed by atoms with Crippen molar-refractivity contribution in [3.05, 3.63) is 68.2 Å². The van der Waals surface area contributed by atoms with E-state index in [0.717, 1.165) is 48.8 Å². The molecule has 3 aliphatic rings. The van der Waals surface area contributed by atoms with E-state index in [0.29, 0.717) is 5.92 Å². The summed E-state index contributed by atoms with van der Waals surface area (Å²) in [6.45, 7) is 6.19. The van der Waals surface area contributed by atoms with Gasteiger partial charge in [0, 0.05) is 35.1 Å². The van der Waals surface area contributed by atoms with Crippen molar-refractivity contribution < 1.29 is 5.11 Å². The van der Waals surface area contributed by atoms with Crippen molar-refractivity contribution in [1.29, 1.82) is 0 Å². The highest BCUT2D eigenvalue weighted by atomic mass is 35.5. The summed E-state index contributed by atoms with van der Waals surface area (Å²) in [5.74, 6) is 0.569. The number of aliphatic hydroxyl groups is 1. The molecule has 0 unspecified atom stereocenters. The van der Waals surface area contributed by atoms with E-state index in [9.17, 15) is 5.11 Å². The van der Waals surface area contributed by atoms with Crippen LogP contribution in [0.4, 0.5) is 0 Å². The zero-order chi connectivity index (χ0) is 19.6. The molecule has 156 valence electrons. The van der Waals surface area contributed by atoms with Gasteiger partial charge in [0.1, 0.15) is 0 Å². The van der Waals surface area contributed by atoms with Gasteiger partial charge in [-0.15, -0.1) is 12.4 Å². The minimum Gasteiger partial charge on any atom is -0.390 e. The third-order valence-electron chi connectivity index (χ3n) is 7.48. The number of rotatable bonds is 1. The van der Waals surface area contributed by atoms with E-state index >= 15 is 0 Å². The van der Waals surface area contributed by atoms with Crippen LogP contribution in [0.2, 0.25) is 10.0 Å². The fraction of sp³-hybridized carbons (Fsp3) is 0.500. The van der Waals surface area contributed by atoms with Gasteiger partial charge in [0.15, 0.2) is 0 Å². The van der Waals surface area contributed by atoms with E-state index in [1.54, 1.807) is 0 Å². The molecule has 2 nitrogen and oxygen atoms in total. The van der Waals surface area contributed by atoms with Gasteiger partial charge in [0.25, 0.3) is 0 Å². The molecule has 2 aromatic rings. The molecule has 2 heterocycles. The number of benzene rings is 2. The van der Waals surface area contributed by atoms with Crippen LogP contribution in [0.1, 0.15) is 66.5 Å². The van der Waals surface area contributed by atoms with Crippen LogP contribution in [0.5, 0.6) is 0 Å². The number of aryl methyl sites for hydroxylation is 1. The van der Waals surface area contributed by atoms with Gasteiger partial charge in [-0.05, 0) is 77.6 Å². The molecule has 5 heteroatoms. The number of fused-ring (bicyclic) bond motifs is 4. The molecule has 29 heavy (non-hydrogen) atoms. The monoisotopic (exact) mass is 451 g/mol. The highest BCUT2D eigenvalue weighted by molar-refractivity contribution is 6.31. The molecule has 1 saturated heterocycles. The Balaban J connectivity index is 0.00000205. The molecule has 0 amide bonds. The quantitative estimate of drug-likeness (QED) is 0.558. The molecule has 0 radical (unpaired) electrons. The summed E-state index contributed by atoms with van der Waals surface area (Å²) >= 11 is 13.1. The van der Waals surface area contributed by atoms with Crippen LogP contribution in [0.3, 0.4) is 0 Å². The molecule has 5 rings (SSSR count). The highest BCUT2D eigenvalue weighted by Gasteiger charge is 2.46. The molecule has 0 bridgehead atoms. The van der Waals surface area contributed by atoms with Crippen molar-refractivity contribution in [3.8, 4) is 0 Å². The van der Waals surface area contributed by atoms with Crippen LogP contribution in [-0.2, 0) is 12.8 Å².